The van der Waals surface area contributed by atoms with Crippen LogP contribution >= 0.6 is 0 Å². The van der Waals surface area contributed by atoms with E-state index in [-0.39, 0.29) is 31.1 Å². The van der Waals surface area contributed by atoms with Crippen LogP contribution in [0.5, 0.6) is 0 Å². The van der Waals surface area contributed by atoms with Crippen LogP contribution in [0.4, 0.5) is 0 Å². The molecule has 0 radical (unpaired) electrons. The summed E-state index contributed by atoms with van der Waals surface area (Å²) >= 11 is 0. The van der Waals surface area contributed by atoms with Crippen molar-refractivity contribution < 1.29 is 28.6 Å². The van der Waals surface area contributed by atoms with Crippen LogP contribution in [0, 0.1) is 0 Å². The minimum absolute atomic E-state index is 0.0941. The van der Waals surface area contributed by atoms with Gasteiger partial charge in [0.05, 0.1) is 0 Å². The molecule has 0 heterocycles. The van der Waals surface area contributed by atoms with Gasteiger partial charge in [-0.05, 0) is 96.3 Å². The van der Waals surface area contributed by atoms with Crippen molar-refractivity contribution in [2.24, 2.45) is 0 Å². The van der Waals surface area contributed by atoms with E-state index in [2.05, 4.69) is 118 Å². The number of hydrogen-bond acceptors (Lipinski definition) is 6. The quantitative estimate of drug-likeness (QED) is 0.0261. The molecular weight excluding hydrogens is 877 g/mol. The lowest BCUT2D eigenvalue weighted by Gasteiger charge is -2.18. The molecule has 1 unspecified atom stereocenters. The highest BCUT2D eigenvalue weighted by Crippen LogP contribution is 2.16. The molecular formula is C65H110O6. The lowest BCUT2D eigenvalue weighted by atomic mass is 10.0. The molecule has 0 rings (SSSR count). The number of unbranched alkanes of at least 4 members (excludes halogenated alkanes) is 26. The number of carbonyl (C=O) groups excluding carboxylic acids is 3. The first-order valence-electron chi connectivity index (χ1n) is 29.7. The van der Waals surface area contributed by atoms with Crippen molar-refractivity contribution in [2.45, 2.75) is 284 Å². The van der Waals surface area contributed by atoms with Gasteiger partial charge < -0.3 is 14.2 Å². The molecule has 71 heavy (non-hydrogen) atoms. The zero-order valence-electron chi connectivity index (χ0n) is 46.5. The maximum Gasteiger partial charge on any atom is 0.306 e. The molecule has 0 saturated heterocycles. The van der Waals surface area contributed by atoms with E-state index in [9.17, 15) is 14.4 Å². The molecule has 0 fully saturated rings. The first-order chi connectivity index (χ1) is 35.0. The van der Waals surface area contributed by atoms with Gasteiger partial charge in [0, 0.05) is 19.3 Å². The fraction of sp³-hybridized carbons (Fsp3) is 0.708. The standard InChI is InChI=1S/C65H110O6/c1-4-7-10-13-16-19-22-25-28-31-32-35-37-40-43-46-49-52-55-58-64(67)70-61-62(71-65(68)59-56-53-50-47-44-41-38-34-30-27-24-21-18-15-12-9-6-3)60-69-63(66)57-54-51-48-45-42-39-36-33-29-26-23-20-17-14-11-8-5-2/h8-9,11-12,17-18,20-21,26-27,29-30,36,38-39,41,62H,4-7,10,13-16,19,22-25,28,31-35,37,40,42-61H2,1-3H3/b11-8-,12-9-,20-17-,21-18-,29-26-,30-27-,39-36-,41-38-. The smallest absolute Gasteiger partial charge is 0.306 e. The molecule has 0 aliphatic rings. The molecule has 0 amide bonds. The molecule has 6 nitrogen and oxygen atoms in total. The van der Waals surface area contributed by atoms with Gasteiger partial charge in [0.25, 0.3) is 0 Å². The van der Waals surface area contributed by atoms with E-state index in [0.717, 1.165) is 135 Å². The Bertz CT molecular complexity index is 1410. The largest absolute Gasteiger partial charge is 0.462 e. The highest BCUT2D eigenvalue weighted by atomic mass is 16.6. The van der Waals surface area contributed by atoms with Crippen molar-refractivity contribution in [3.05, 3.63) is 97.2 Å². The average molecular weight is 988 g/mol. The summed E-state index contributed by atoms with van der Waals surface area (Å²) in [5.41, 5.74) is 0. The monoisotopic (exact) mass is 987 g/mol. The number of ether oxygens (including phenoxy) is 3. The Kier molecular flexibility index (Phi) is 55.9. The summed E-state index contributed by atoms with van der Waals surface area (Å²) in [5.74, 6) is -0.936. The lowest BCUT2D eigenvalue weighted by Crippen LogP contribution is -2.30. The van der Waals surface area contributed by atoms with Gasteiger partial charge in [0.15, 0.2) is 6.10 Å². The minimum atomic E-state index is -0.801. The number of esters is 3. The Morgan fingerprint density at radius 2 is 0.549 bits per heavy atom. The van der Waals surface area contributed by atoms with Crippen LogP contribution in [0.1, 0.15) is 278 Å². The molecule has 0 bridgehead atoms. The summed E-state index contributed by atoms with van der Waals surface area (Å²) in [6, 6.07) is 0. The summed E-state index contributed by atoms with van der Waals surface area (Å²) in [6.45, 7) is 6.39. The number of allylic oxidation sites excluding steroid dienone is 16. The minimum Gasteiger partial charge on any atom is -0.462 e. The van der Waals surface area contributed by atoms with Gasteiger partial charge in [0.2, 0.25) is 0 Å². The van der Waals surface area contributed by atoms with Crippen LogP contribution in [0.2, 0.25) is 0 Å². The fourth-order valence-corrected chi connectivity index (χ4v) is 8.19. The summed E-state index contributed by atoms with van der Waals surface area (Å²) in [5, 5.41) is 0. The van der Waals surface area contributed by atoms with E-state index in [1.807, 2.05) is 0 Å². The van der Waals surface area contributed by atoms with Gasteiger partial charge in [-0.3, -0.25) is 14.4 Å². The molecule has 0 aromatic heterocycles. The van der Waals surface area contributed by atoms with Gasteiger partial charge >= 0.3 is 17.9 Å². The number of carbonyl (C=O) groups is 3. The Labute approximate surface area is 438 Å². The van der Waals surface area contributed by atoms with Crippen molar-refractivity contribution in [1.82, 2.24) is 0 Å². The van der Waals surface area contributed by atoms with Crippen LogP contribution < -0.4 is 0 Å². The summed E-state index contributed by atoms with van der Waals surface area (Å²) < 4.78 is 16.9. The van der Waals surface area contributed by atoms with Crippen LogP contribution in [0.25, 0.3) is 0 Å². The summed E-state index contributed by atoms with van der Waals surface area (Å²) in [4.78, 5) is 38.2. The zero-order chi connectivity index (χ0) is 51.4. The fourth-order valence-electron chi connectivity index (χ4n) is 8.19. The molecule has 0 saturated carbocycles. The SMILES string of the molecule is CC/C=C\C/C=C\C/C=C\C/C=C\CCCCCCC(=O)OCC(COC(=O)CCCCCCCCCCCCCCCCCCCCC)OC(=O)CCCCCC/C=C\C/C=C\C/C=C\C/C=C\CC. The molecule has 1 atom stereocenters. The topological polar surface area (TPSA) is 78.9 Å². The third kappa shape index (κ3) is 57.1. The van der Waals surface area contributed by atoms with E-state index in [1.165, 1.54) is 103 Å². The Morgan fingerprint density at radius 3 is 0.859 bits per heavy atom. The predicted octanol–water partition coefficient (Wildman–Crippen LogP) is 20.1. The maximum absolute atomic E-state index is 12.9. The van der Waals surface area contributed by atoms with Crippen LogP contribution in [-0.4, -0.2) is 37.2 Å². The van der Waals surface area contributed by atoms with E-state index in [0.29, 0.717) is 19.3 Å². The molecule has 0 aliphatic carbocycles. The van der Waals surface area contributed by atoms with Gasteiger partial charge in [0.1, 0.15) is 13.2 Å². The van der Waals surface area contributed by atoms with Gasteiger partial charge in [-0.1, -0.05) is 259 Å². The molecule has 0 aliphatic heterocycles. The van der Waals surface area contributed by atoms with Gasteiger partial charge in [-0.2, -0.15) is 0 Å². The Hall–Kier alpha value is -3.67. The normalized spacial score (nSPS) is 12.8. The highest BCUT2D eigenvalue weighted by molar-refractivity contribution is 5.71. The van der Waals surface area contributed by atoms with E-state index < -0.39 is 6.10 Å². The van der Waals surface area contributed by atoms with Crippen molar-refractivity contribution in [2.75, 3.05) is 13.2 Å². The Morgan fingerprint density at radius 1 is 0.296 bits per heavy atom. The summed E-state index contributed by atoms with van der Waals surface area (Å²) in [6.07, 6.45) is 78.3. The lowest BCUT2D eigenvalue weighted by molar-refractivity contribution is -0.167. The zero-order valence-corrected chi connectivity index (χ0v) is 46.5. The molecule has 406 valence electrons. The third-order valence-corrected chi connectivity index (χ3v) is 12.6. The van der Waals surface area contributed by atoms with E-state index in [4.69, 9.17) is 14.2 Å². The first kappa shape index (κ1) is 67.3. The first-order valence-corrected chi connectivity index (χ1v) is 29.7. The van der Waals surface area contributed by atoms with Crippen LogP contribution in [-0.2, 0) is 28.6 Å². The van der Waals surface area contributed by atoms with Crippen LogP contribution in [0.15, 0.2) is 97.2 Å². The third-order valence-electron chi connectivity index (χ3n) is 12.6. The van der Waals surface area contributed by atoms with E-state index in [1.54, 1.807) is 0 Å². The van der Waals surface area contributed by atoms with Gasteiger partial charge in [-0.15, -0.1) is 0 Å². The molecule has 6 heteroatoms. The summed E-state index contributed by atoms with van der Waals surface area (Å²) in [7, 11) is 0. The molecule has 0 aromatic carbocycles. The number of rotatable bonds is 53. The second kappa shape index (κ2) is 58.9. The molecule has 0 N–H and O–H groups in total. The van der Waals surface area contributed by atoms with Crippen molar-refractivity contribution in [3.63, 3.8) is 0 Å². The van der Waals surface area contributed by atoms with Gasteiger partial charge in [-0.25, -0.2) is 0 Å². The molecule has 0 aromatic rings. The van der Waals surface area contributed by atoms with Crippen molar-refractivity contribution in [3.8, 4) is 0 Å². The molecule has 0 spiro atoms. The second-order valence-corrected chi connectivity index (χ2v) is 19.5. The van der Waals surface area contributed by atoms with Crippen molar-refractivity contribution in [1.29, 1.82) is 0 Å². The van der Waals surface area contributed by atoms with E-state index >= 15 is 0 Å². The van der Waals surface area contributed by atoms with Crippen LogP contribution in [0.3, 0.4) is 0 Å². The van der Waals surface area contributed by atoms with Crippen molar-refractivity contribution >= 4 is 17.9 Å². The average Bonchev–Trinajstić information content (AvgIpc) is 3.37. The predicted molar refractivity (Wildman–Crippen MR) is 307 cm³/mol. The maximum atomic E-state index is 12.9. The second-order valence-electron chi connectivity index (χ2n) is 19.5. The Balaban J connectivity index is 4.44. The number of hydrogen-bond donors (Lipinski definition) is 0. The highest BCUT2D eigenvalue weighted by Gasteiger charge is 2.19.